The van der Waals surface area contributed by atoms with Crippen molar-refractivity contribution in [1.82, 2.24) is 0 Å². The average molecular weight is 455 g/mol. The van der Waals surface area contributed by atoms with Crippen molar-refractivity contribution in [2.75, 3.05) is 5.88 Å². The molecule has 2 N–H and O–H groups in total. The fourth-order valence-corrected chi connectivity index (χ4v) is 3.95. The molecular formula is C23H49BrClN. The van der Waals surface area contributed by atoms with E-state index in [1.807, 2.05) is 0 Å². The molecule has 0 aromatic heterocycles. The van der Waals surface area contributed by atoms with Crippen molar-refractivity contribution < 1.29 is 0 Å². The van der Waals surface area contributed by atoms with E-state index in [0.29, 0.717) is 5.92 Å². The third-order valence-electron chi connectivity index (χ3n) is 5.64. The maximum atomic E-state index is 6.33. The van der Waals surface area contributed by atoms with Crippen LogP contribution in [0.5, 0.6) is 0 Å². The van der Waals surface area contributed by atoms with Crippen LogP contribution in [0, 0.1) is 5.92 Å². The highest BCUT2D eigenvalue weighted by Crippen LogP contribution is 2.26. The Morgan fingerprint density at radius 3 is 1.35 bits per heavy atom. The molecule has 0 aromatic rings. The molecule has 1 nitrogen and oxygen atoms in total. The summed E-state index contributed by atoms with van der Waals surface area (Å²) in [5.74, 6) is 1.40. The number of rotatable bonds is 19. The quantitative estimate of drug-likeness (QED) is 0.153. The highest BCUT2D eigenvalue weighted by molar-refractivity contribution is 8.93. The van der Waals surface area contributed by atoms with Gasteiger partial charge in [-0.2, -0.15) is 0 Å². The van der Waals surface area contributed by atoms with Crippen molar-refractivity contribution >= 4 is 28.6 Å². The molecule has 0 spiro atoms. The molecule has 0 aliphatic carbocycles. The Morgan fingerprint density at radius 1 is 0.654 bits per heavy atom. The highest BCUT2D eigenvalue weighted by atomic mass is 79.9. The maximum Gasteiger partial charge on any atom is 0.0223 e. The van der Waals surface area contributed by atoms with Gasteiger partial charge in [0.25, 0.3) is 0 Å². The molecule has 0 aliphatic heterocycles. The topological polar surface area (TPSA) is 26.0 Å². The monoisotopic (exact) mass is 453 g/mol. The summed E-state index contributed by atoms with van der Waals surface area (Å²) in [6.07, 6.45) is 23.5. The maximum absolute atomic E-state index is 6.33. The second kappa shape index (κ2) is 20.5. The van der Waals surface area contributed by atoms with E-state index in [4.69, 9.17) is 17.3 Å². The van der Waals surface area contributed by atoms with Crippen LogP contribution in [0.4, 0.5) is 0 Å². The minimum Gasteiger partial charge on any atom is -0.325 e. The van der Waals surface area contributed by atoms with Gasteiger partial charge >= 0.3 is 0 Å². The summed E-state index contributed by atoms with van der Waals surface area (Å²) >= 11 is 5.85. The van der Waals surface area contributed by atoms with E-state index < -0.39 is 0 Å². The molecular weight excluding hydrogens is 406 g/mol. The molecule has 1 atom stereocenters. The minimum absolute atomic E-state index is 0. The number of halogens is 2. The van der Waals surface area contributed by atoms with Crippen LogP contribution < -0.4 is 5.73 Å². The molecule has 0 radical (unpaired) electrons. The lowest BCUT2D eigenvalue weighted by Gasteiger charge is -2.30. The van der Waals surface area contributed by atoms with Gasteiger partial charge in [0.1, 0.15) is 0 Å². The molecule has 3 heteroatoms. The first-order valence-electron chi connectivity index (χ1n) is 11.4. The van der Waals surface area contributed by atoms with Crippen molar-refractivity contribution in [1.29, 1.82) is 0 Å². The molecule has 0 heterocycles. The van der Waals surface area contributed by atoms with Crippen LogP contribution >= 0.6 is 28.6 Å². The zero-order valence-electron chi connectivity index (χ0n) is 18.2. The minimum atomic E-state index is -0.0530. The average Bonchev–Trinajstić information content (AvgIpc) is 2.56. The number of hydrogen-bond donors (Lipinski definition) is 1. The Hall–Kier alpha value is 0.730. The van der Waals surface area contributed by atoms with Gasteiger partial charge in [-0.15, -0.1) is 28.6 Å². The van der Waals surface area contributed by atoms with E-state index >= 15 is 0 Å². The molecule has 160 valence electrons. The summed E-state index contributed by atoms with van der Waals surface area (Å²) in [7, 11) is 0. The van der Waals surface area contributed by atoms with Gasteiger partial charge in [-0.25, -0.2) is 0 Å². The molecule has 0 amide bonds. The Morgan fingerprint density at radius 2 is 1.00 bits per heavy atom. The lowest BCUT2D eigenvalue weighted by Crippen LogP contribution is -2.41. The van der Waals surface area contributed by atoms with E-state index in [1.165, 1.54) is 103 Å². The third-order valence-corrected chi connectivity index (χ3v) is 5.91. The van der Waals surface area contributed by atoms with E-state index in [1.54, 1.807) is 0 Å². The second-order valence-corrected chi connectivity index (χ2v) is 9.11. The summed E-state index contributed by atoms with van der Waals surface area (Å²) in [4.78, 5) is 0. The standard InChI is InChI=1S/C23H48ClN.BrH/c1-4-5-6-7-8-9-10-11-12-13-14-15-16-17-19-22(20-18-21-24)23(2,3)25;/h22H,4-21,25H2,1-3H3;1H. The van der Waals surface area contributed by atoms with Crippen LogP contribution in [0.1, 0.15) is 130 Å². The smallest absolute Gasteiger partial charge is 0.0223 e. The molecule has 0 bridgehead atoms. The van der Waals surface area contributed by atoms with Crippen molar-refractivity contribution in [2.24, 2.45) is 11.7 Å². The Labute approximate surface area is 181 Å². The fraction of sp³-hybridized carbons (Fsp3) is 1.00. The van der Waals surface area contributed by atoms with Crippen LogP contribution in [-0.2, 0) is 0 Å². The van der Waals surface area contributed by atoms with Crippen LogP contribution in [0.3, 0.4) is 0 Å². The SMILES string of the molecule is Br.CCCCCCCCCCCCCCCCC(CCCCl)C(C)(C)N. The first-order chi connectivity index (χ1) is 12.0. The van der Waals surface area contributed by atoms with Gasteiger partial charge in [-0.3, -0.25) is 0 Å². The molecule has 0 saturated carbocycles. The number of alkyl halides is 1. The summed E-state index contributed by atoms with van der Waals surface area (Å²) in [6, 6.07) is 0. The molecule has 0 aliphatic rings. The van der Waals surface area contributed by atoms with E-state index in [0.717, 1.165) is 12.3 Å². The second-order valence-electron chi connectivity index (χ2n) is 8.73. The predicted molar refractivity (Wildman–Crippen MR) is 127 cm³/mol. The fourth-order valence-electron chi connectivity index (χ4n) is 3.80. The van der Waals surface area contributed by atoms with Crippen LogP contribution in [-0.4, -0.2) is 11.4 Å². The molecule has 0 saturated heterocycles. The van der Waals surface area contributed by atoms with Crippen LogP contribution in [0.25, 0.3) is 0 Å². The lowest BCUT2D eigenvalue weighted by atomic mass is 9.81. The largest absolute Gasteiger partial charge is 0.325 e. The van der Waals surface area contributed by atoms with Gasteiger partial charge in [-0.1, -0.05) is 96.8 Å². The van der Waals surface area contributed by atoms with Gasteiger partial charge in [0.05, 0.1) is 0 Å². The van der Waals surface area contributed by atoms with Gasteiger partial charge in [0.2, 0.25) is 0 Å². The van der Waals surface area contributed by atoms with Crippen LogP contribution in [0.2, 0.25) is 0 Å². The van der Waals surface area contributed by atoms with E-state index in [2.05, 4.69) is 20.8 Å². The normalized spacial score (nSPS) is 12.8. The van der Waals surface area contributed by atoms with E-state index in [-0.39, 0.29) is 22.5 Å². The van der Waals surface area contributed by atoms with Crippen molar-refractivity contribution in [3.05, 3.63) is 0 Å². The summed E-state index contributed by atoms with van der Waals surface area (Å²) in [5.41, 5.74) is 6.28. The first-order valence-corrected chi connectivity index (χ1v) is 11.9. The third kappa shape index (κ3) is 19.5. The van der Waals surface area contributed by atoms with Gasteiger partial charge in [-0.05, 0) is 39.0 Å². The summed E-state index contributed by atoms with van der Waals surface area (Å²) in [6.45, 7) is 6.64. The van der Waals surface area contributed by atoms with Crippen molar-refractivity contribution in [3.8, 4) is 0 Å². The van der Waals surface area contributed by atoms with Gasteiger partial charge in [0, 0.05) is 11.4 Å². The number of unbranched alkanes of at least 4 members (excludes halogenated alkanes) is 13. The molecule has 26 heavy (non-hydrogen) atoms. The predicted octanol–water partition coefficient (Wildman–Crippen LogP) is 8.81. The Bertz CT molecular complexity index is 265. The summed E-state index contributed by atoms with van der Waals surface area (Å²) < 4.78 is 0. The summed E-state index contributed by atoms with van der Waals surface area (Å²) in [5, 5.41) is 0. The van der Waals surface area contributed by atoms with Gasteiger partial charge < -0.3 is 5.73 Å². The molecule has 0 fully saturated rings. The Kier molecular flexibility index (Phi) is 22.8. The molecule has 0 rings (SSSR count). The molecule has 0 aromatic carbocycles. The van der Waals surface area contributed by atoms with Crippen molar-refractivity contribution in [2.45, 2.75) is 135 Å². The molecule has 1 unspecified atom stereocenters. The zero-order chi connectivity index (χ0) is 18.8. The van der Waals surface area contributed by atoms with E-state index in [9.17, 15) is 0 Å². The Balaban J connectivity index is 0. The lowest BCUT2D eigenvalue weighted by molar-refractivity contribution is 0.273. The van der Waals surface area contributed by atoms with Gasteiger partial charge in [0.15, 0.2) is 0 Å². The number of nitrogens with two attached hydrogens (primary N) is 1. The van der Waals surface area contributed by atoms with Crippen LogP contribution in [0.15, 0.2) is 0 Å². The zero-order valence-corrected chi connectivity index (χ0v) is 20.6. The first kappa shape index (κ1) is 28.9. The van der Waals surface area contributed by atoms with Crippen molar-refractivity contribution in [3.63, 3.8) is 0 Å². The number of hydrogen-bond acceptors (Lipinski definition) is 1. The highest BCUT2D eigenvalue weighted by Gasteiger charge is 2.23.